The average molecular weight is 290 g/mol. The molecule has 4 nitrogen and oxygen atoms in total. The summed E-state index contributed by atoms with van der Waals surface area (Å²) >= 11 is 0. The van der Waals surface area contributed by atoms with Gasteiger partial charge in [-0.05, 0) is 26.7 Å². The molecule has 0 unspecified atom stereocenters. The molecule has 101 valence electrons. The van der Waals surface area contributed by atoms with Gasteiger partial charge < -0.3 is 19.2 Å². The molecule has 0 amide bonds. The SMILES string of the molecule is CCC(=O)[CH-]C(C)=O.CCC(=O)[CH-]C(C)=O.[Cu+2]. The van der Waals surface area contributed by atoms with Crippen molar-refractivity contribution in [1.82, 2.24) is 0 Å². The molecule has 0 aliphatic carbocycles. The molecule has 0 aliphatic heterocycles. The maximum absolute atomic E-state index is 10.3. The first-order valence-corrected chi connectivity index (χ1v) is 5.09. The van der Waals surface area contributed by atoms with Crippen LogP contribution in [-0.2, 0) is 36.2 Å². The Bertz CT molecular complexity index is 244. The van der Waals surface area contributed by atoms with Gasteiger partial charge in [-0.2, -0.15) is 0 Å². The van der Waals surface area contributed by atoms with Gasteiger partial charge >= 0.3 is 17.1 Å². The van der Waals surface area contributed by atoms with E-state index in [9.17, 15) is 19.2 Å². The van der Waals surface area contributed by atoms with Crippen LogP contribution in [0.1, 0.15) is 40.5 Å². The standard InChI is InChI=1S/2C6H9O2.Cu/c2*1-3-6(8)4-5(2)7;/h2*4H,3H2,1-2H3;/q2*-1;+2. The van der Waals surface area contributed by atoms with Crippen LogP contribution in [0.15, 0.2) is 0 Å². The maximum atomic E-state index is 10.3. The van der Waals surface area contributed by atoms with Gasteiger partial charge in [0.05, 0.1) is 0 Å². The number of carbonyl (C=O) groups excluding carboxylic acids is 4. The first kappa shape index (κ1) is 21.2. The summed E-state index contributed by atoms with van der Waals surface area (Å²) in [6.45, 7) is 6.19. The number of carbonyl (C=O) groups is 4. The Morgan fingerprint density at radius 2 is 1.00 bits per heavy atom. The van der Waals surface area contributed by atoms with Crippen molar-refractivity contribution in [3.8, 4) is 0 Å². The molecule has 0 aromatic carbocycles. The van der Waals surface area contributed by atoms with Crippen molar-refractivity contribution in [1.29, 1.82) is 0 Å². The fraction of sp³-hybridized carbons (Fsp3) is 0.500. The predicted octanol–water partition coefficient (Wildman–Crippen LogP) is 1.52. The molecule has 0 aromatic rings. The summed E-state index contributed by atoms with van der Waals surface area (Å²) in [5.74, 6) is -0.538. The first-order valence-electron chi connectivity index (χ1n) is 5.09. The van der Waals surface area contributed by atoms with Crippen LogP contribution >= 0.6 is 0 Å². The van der Waals surface area contributed by atoms with Gasteiger partial charge in [0, 0.05) is 23.1 Å². The largest absolute Gasteiger partial charge is 2.00 e. The van der Waals surface area contributed by atoms with Crippen LogP contribution in [0.2, 0.25) is 0 Å². The van der Waals surface area contributed by atoms with Crippen LogP contribution in [-0.4, -0.2) is 23.1 Å². The molecule has 0 saturated heterocycles. The number of hydrogen-bond acceptors (Lipinski definition) is 4. The van der Waals surface area contributed by atoms with Crippen molar-refractivity contribution in [2.75, 3.05) is 0 Å². The minimum Gasteiger partial charge on any atom is -0.334 e. The predicted molar refractivity (Wildman–Crippen MR) is 60.6 cm³/mol. The van der Waals surface area contributed by atoms with E-state index in [1.807, 2.05) is 0 Å². The second-order valence-corrected chi connectivity index (χ2v) is 3.15. The van der Waals surface area contributed by atoms with Gasteiger partial charge in [-0.1, -0.05) is 13.8 Å². The van der Waals surface area contributed by atoms with E-state index in [0.29, 0.717) is 12.8 Å². The van der Waals surface area contributed by atoms with Crippen molar-refractivity contribution in [2.45, 2.75) is 40.5 Å². The molecule has 0 saturated carbocycles. The van der Waals surface area contributed by atoms with Crippen LogP contribution in [0.5, 0.6) is 0 Å². The molecule has 0 bridgehead atoms. The summed E-state index contributed by atoms with van der Waals surface area (Å²) in [6.07, 6.45) is 3.05. The zero-order chi connectivity index (χ0) is 13.1. The monoisotopic (exact) mass is 289 g/mol. The van der Waals surface area contributed by atoms with Crippen molar-refractivity contribution >= 4 is 23.1 Å². The Morgan fingerprint density at radius 1 is 0.765 bits per heavy atom. The van der Waals surface area contributed by atoms with Crippen molar-refractivity contribution < 1.29 is 36.2 Å². The molecule has 17 heavy (non-hydrogen) atoms. The molecular weight excluding hydrogens is 272 g/mol. The molecule has 0 aliphatic rings. The fourth-order valence-electron chi connectivity index (χ4n) is 0.658. The van der Waals surface area contributed by atoms with Crippen LogP contribution in [0.4, 0.5) is 0 Å². The third-order valence-corrected chi connectivity index (χ3v) is 1.43. The van der Waals surface area contributed by atoms with Crippen LogP contribution in [0.3, 0.4) is 0 Å². The molecule has 0 heterocycles. The number of rotatable bonds is 6. The van der Waals surface area contributed by atoms with E-state index in [-0.39, 0.29) is 40.2 Å². The molecule has 1 radical (unpaired) electrons. The summed E-state index contributed by atoms with van der Waals surface area (Å²) in [6, 6.07) is 0. The van der Waals surface area contributed by atoms with Gasteiger partial charge in [-0.15, -0.1) is 0 Å². The topological polar surface area (TPSA) is 68.3 Å². The summed E-state index contributed by atoms with van der Waals surface area (Å²) in [5, 5.41) is 0. The van der Waals surface area contributed by atoms with E-state index >= 15 is 0 Å². The minimum atomic E-state index is -0.170. The number of Topliss-reactive ketones (excluding diaryl/α,β-unsaturated/α-hetero) is 4. The molecule has 0 fully saturated rings. The smallest absolute Gasteiger partial charge is 0.334 e. The molecule has 0 atom stereocenters. The summed E-state index contributed by atoms with van der Waals surface area (Å²) in [5.41, 5.74) is 0. The van der Waals surface area contributed by atoms with Gasteiger partial charge in [0.2, 0.25) is 0 Å². The van der Waals surface area contributed by atoms with E-state index in [1.54, 1.807) is 13.8 Å². The van der Waals surface area contributed by atoms with E-state index in [2.05, 4.69) is 0 Å². The second-order valence-electron chi connectivity index (χ2n) is 3.15. The number of ketones is 4. The molecule has 0 N–H and O–H groups in total. The van der Waals surface area contributed by atoms with E-state index < -0.39 is 0 Å². The van der Waals surface area contributed by atoms with Crippen molar-refractivity contribution in [3.63, 3.8) is 0 Å². The first-order chi connectivity index (χ1) is 7.33. The summed E-state index contributed by atoms with van der Waals surface area (Å²) in [4.78, 5) is 41.0. The van der Waals surface area contributed by atoms with Crippen LogP contribution < -0.4 is 0 Å². The maximum Gasteiger partial charge on any atom is 2.00 e. The van der Waals surface area contributed by atoms with Gasteiger partial charge in [0.1, 0.15) is 0 Å². The Hall–Kier alpha value is -1.06. The minimum absolute atomic E-state index is 0. The summed E-state index contributed by atoms with van der Waals surface area (Å²) < 4.78 is 0. The Morgan fingerprint density at radius 3 is 1.06 bits per heavy atom. The normalized spacial score (nSPS) is 7.76. The van der Waals surface area contributed by atoms with E-state index in [1.165, 1.54) is 13.8 Å². The van der Waals surface area contributed by atoms with E-state index in [4.69, 9.17) is 0 Å². The molecule has 0 spiro atoms. The van der Waals surface area contributed by atoms with E-state index in [0.717, 1.165) is 12.8 Å². The third-order valence-electron chi connectivity index (χ3n) is 1.43. The molecule has 5 heteroatoms. The average Bonchev–Trinajstić information content (AvgIpc) is 2.16. The van der Waals surface area contributed by atoms with Crippen molar-refractivity contribution in [3.05, 3.63) is 12.8 Å². The molecule has 0 rings (SSSR count). The molecular formula is C12H18CuO4. The zero-order valence-corrected chi connectivity index (χ0v) is 11.4. The third kappa shape index (κ3) is 20.9. The quantitative estimate of drug-likeness (QED) is 0.422. The van der Waals surface area contributed by atoms with Gasteiger partial charge in [0.25, 0.3) is 0 Å². The van der Waals surface area contributed by atoms with Crippen LogP contribution in [0, 0.1) is 12.8 Å². The number of hydrogen-bond donors (Lipinski definition) is 0. The Kier molecular flexibility index (Phi) is 16.3. The van der Waals surface area contributed by atoms with Gasteiger partial charge in [-0.3, -0.25) is 12.8 Å². The fourth-order valence-corrected chi connectivity index (χ4v) is 0.658. The van der Waals surface area contributed by atoms with Gasteiger partial charge in [-0.25, -0.2) is 0 Å². The summed E-state index contributed by atoms with van der Waals surface area (Å²) in [7, 11) is 0. The zero-order valence-electron chi connectivity index (χ0n) is 10.5. The Balaban J connectivity index is -0.000000218. The Labute approximate surface area is 113 Å². The second kappa shape index (κ2) is 13.0. The van der Waals surface area contributed by atoms with Crippen molar-refractivity contribution in [2.24, 2.45) is 0 Å². The molecule has 0 aromatic heterocycles. The van der Waals surface area contributed by atoms with Crippen LogP contribution in [0.25, 0.3) is 0 Å². The van der Waals surface area contributed by atoms with Gasteiger partial charge in [0.15, 0.2) is 0 Å².